The first kappa shape index (κ1) is 15.3. The molecule has 0 saturated heterocycles. The second-order valence-electron chi connectivity index (χ2n) is 6.09. The van der Waals surface area contributed by atoms with Gasteiger partial charge in [-0.2, -0.15) is 5.10 Å². The lowest BCUT2D eigenvalue weighted by Crippen LogP contribution is -2.02. The summed E-state index contributed by atoms with van der Waals surface area (Å²) in [7, 11) is 0. The summed E-state index contributed by atoms with van der Waals surface area (Å²) >= 11 is 0. The molecule has 0 aliphatic carbocycles. The zero-order valence-electron chi connectivity index (χ0n) is 14.4. The van der Waals surface area contributed by atoms with Gasteiger partial charge >= 0.3 is 0 Å². The van der Waals surface area contributed by atoms with Crippen LogP contribution >= 0.6 is 0 Å². The maximum absolute atomic E-state index is 5.93. The zero-order chi connectivity index (χ0) is 18.4. The predicted octanol–water partition coefficient (Wildman–Crippen LogP) is 2.70. The Labute approximate surface area is 153 Å². The number of aromatic amines is 1. The third-order valence-corrected chi connectivity index (χ3v) is 4.18. The summed E-state index contributed by atoms with van der Waals surface area (Å²) < 4.78 is 1.73. The molecule has 5 aromatic rings. The number of benzene rings is 1. The second kappa shape index (κ2) is 5.77. The largest absolute Gasteiger partial charge is 0.384 e. The SMILES string of the molecule is Cc1nc(N)cc(-c2c(Nc3ccc4nc[nH]c4c3)nc3cccnn23)n1. The molecule has 0 saturated carbocycles. The van der Waals surface area contributed by atoms with E-state index in [0.29, 0.717) is 34.5 Å². The van der Waals surface area contributed by atoms with Crippen molar-refractivity contribution in [2.45, 2.75) is 6.92 Å². The number of aryl methyl sites for hydroxylation is 1. The third-order valence-electron chi connectivity index (χ3n) is 4.18. The first-order valence-corrected chi connectivity index (χ1v) is 8.33. The lowest BCUT2D eigenvalue weighted by Gasteiger charge is -2.08. The molecule has 4 aromatic heterocycles. The maximum Gasteiger partial charge on any atom is 0.161 e. The molecule has 1 aromatic carbocycles. The van der Waals surface area contributed by atoms with Crippen LogP contribution in [0.3, 0.4) is 0 Å². The van der Waals surface area contributed by atoms with Crippen LogP contribution in [0.1, 0.15) is 5.82 Å². The number of nitrogens with two attached hydrogens (primary N) is 1. The van der Waals surface area contributed by atoms with Crippen molar-refractivity contribution >= 4 is 34.0 Å². The number of aromatic nitrogens is 7. The molecular formula is C18H15N9. The fourth-order valence-electron chi connectivity index (χ4n) is 3.07. The van der Waals surface area contributed by atoms with Crippen molar-refractivity contribution in [1.29, 1.82) is 0 Å². The maximum atomic E-state index is 5.93. The highest BCUT2D eigenvalue weighted by molar-refractivity contribution is 5.83. The number of anilines is 3. The van der Waals surface area contributed by atoms with E-state index < -0.39 is 0 Å². The number of nitrogens with one attached hydrogen (secondary N) is 2. The van der Waals surface area contributed by atoms with Crippen LogP contribution in [0.5, 0.6) is 0 Å². The summed E-state index contributed by atoms with van der Waals surface area (Å²) in [6.07, 6.45) is 3.37. The molecule has 0 aliphatic heterocycles. The Morgan fingerprint density at radius 1 is 1.11 bits per heavy atom. The molecule has 0 unspecified atom stereocenters. The van der Waals surface area contributed by atoms with Crippen molar-refractivity contribution in [1.82, 2.24) is 34.5 Å². The Hall–Kier alpha value is -4.01. The van der Waals surface area contributed by atoms with Crippen molar-refractivity contribution in [3.63, 3.8) is 0 Å². The van der Waals surface area contributed by atoms with Crippen LogP contribution in [0, 0.1) is 6.92 Å². The minimum atomic E-state index is 0.396. The monoisotopic (exact) mass is 357 g/mol. The van der Waals surface area contributed by atoms with Crippen LogP contribution in [-0.2, 0) is 0 Å². The molecular weight excluding hydrogens is 342 g/mol. The van der Waals surface area contributed by atoms with Gasteiger partial charge in [0.2, 0.25) is 0 Å². The number of H-pyrrole nitrogens is 1. The smallest absolute Gasteiger partial charge is 0.161 e. The third kappa shape index (κ3) is 2.61. The quantitative estimate of drug-likeness (QED) is 0.453. The van der Waals surface area contributed by atoms with E-state index in [-0.39, 0.29) is 0 Å². The molecule has 0 atom stereocenters. The summed E-state index contributed by atoms with van der Waals surface area (Å²) in [5.41, 5.74) is 10.7. The van der Waals surface area contributed by atoms with Crippen molar-refractivity contribution in [3.8, 4) is 11.4 Å². The molecule has 27 heavy (non-hydrogen) atoms. The average Bonchev–Trinajstić information content (AvgIpc) is 3.24. The van der Waals surface area contributed by atoms with Gasteiger partial charge in [-0.15, -0.1) is 0 Å². The highest BCUT2D eigenvalue weighted by Gasteiger charge is 2.18. The fraction of sp³-hybridized carbons (Fsp3) is 0.0556. The number of fused-ring (bicyclic) bond motifs is 2. The van der Waals surface area contributed by atoms with Crippen LogP contribution < -0.4 is 11.1 Å². The Kier molecular flexibility index (Phi) is 3.26. The minimum absolute atomic E-state index is 0.396. The van der Waals surface area contributed by atoms with E-state index in [1.807, 2.05) is 30.3 Å². The number of hydrogen-bond acceptors (Lipinski definition) is 7. The van der Waals surface area contributed by atoms with Gasteiger partial charge in [0.15, 0.2) is 11.5 Å². The van der Waals surface area contributed by atoms with E-state index in [1.54, 1.807) is 30.0 Å². The van der Waals surface area contributed by atoms with Crippen LogP contribution in [0.4, 0.5) is 17.3 Å². The Bertz CT molecular complexity index is 1260. The van der Waals surface area contributed by atoms with Gasteiger partial charge in [-0.3, -0.25) is 0 Å². The van der Waals surface area contributed by atoms with Gasteiger partial charge in [0.1, 0.15) is 17.3 Å². The normalized spacial score (nSPS) is 11.3. The lowest BCUT2D eigenvalue weighted by atomic mass is 10.2. The molecule has 4 heterocycles. The highest BCUT2D eigenvalue weighted by atomic mass is 15.3. The van der Waals surface area contributed by atoms with E-state index in [1.165, 1.54) is 0 Å². The average molecular weight is 357 g/mol. The van der Waals surface area contributed by atoms with Crippen LogP contribution in [0.25, 0.3) is 28.1 Å². The number of imidazole rings is 2. The van der Waals surface area contributed by atoms with Gasteiger partial charge in [0.05, 0.1) is 23.1 Å². The fourth-order valence-corrected chi connectivity index (χ4v) is 3.07. The van der Waals surface area contributed by atoms with Crippen LogP contribution in [-0.4, -0.2) is 34.5 Å². The molecule has 132 valence electrons. The van der Waals surface area contributed by atoms with Crippen molar-refractivity contribution in [2.24, 2.45) is 0 Å². The Morgan fingerprint density at radius 3 is 2.93 bits per heavy atom. The lowest BCUT2D eigenvalue weighted by molar-refractivity contribution is 0.932. The molecule has 9 nitrogen and oxygen atoms in total. The van der Waals surface area contributed by atoms with E-state index in [0.717, 1.165) is 16.7 Å². The van der Waals surface area contributed by atoms with E-state index in [4.69, 9.17) is 5.73 Å². The number of hydrogen-bond donors (Lipinski definition) is 3. The van der Waals surface area contributed by atoms with Crippen LogP contribution in [0.15, 0.2) is 48.9 Å². The number of nitrogens with zero attached hydrogens (tertiary/aromatic N) is 6. The van der Waals surface area contributed by atoms with E-state index in [9.17, 15) is 0 Å². The standard InChI is InChI=1S/C18H15N9/c1-10-23-14(8-15(19)24-10)17-18(26-16-3-2-6-22-27(16)17)25-11-4-5-12-13(7-11)21-9-20-12/h2-9,25H,1H3,(H,20,21)(H2,19,23,24). The Morgan fingerprint density at radius 2 is 2.04 bits per heavy atom. The van der Waals surface area contributed by atoms with Crippen LogP contribution in [0.2, 0.25) is 0 Å². The first-order chi connectivity index (χ1) is 13.2. The molecule has 0 radical (unpaired) electrons. The number of rotatable bonds is 3. The van der Waals surface area contributed by atoms with Crippen molar-refractivity contribution < 1.29 is 0 Å². The molecule has 5 rings (SSSR count). The summed E-state index contributed by atoms with van der Waals surface area (Å²) in [5, 5.41) is 7.78. The van der Waals surface area contributed by atoms with E-state index >= 15 is 0 Å². The topological polar surface area (TPSA) is 123 Å². The molecule has 4 N–H and O–H groups in total. The van der Waals surface area contributed by atoms with Gasteiger partial charge in [0.25, 0.3) is 0 Å². The molecule has 9 heteroatoms. The predicted molar refractivity (Wildman–Crippen MR) is 103 cm³/mol. The first-order valence-electron chi connectivity index (χ1n) is 8.33. The summed E-state index contributed by atoms with van der Waals surface area (Å²) in [6.45, 7) is 1.80. The number of nitrogen functional groups attached to an aromatic ring is 1. The molecule has 0 spiro atoms. The highest BCUT2D eigenvalue weighted by Crippen LogP contribution is 2.30. The van der Waals surface area contributed by atoms with Gasteiger partial charge in [-0.1, -0.05) is 0 Å². The summed E-state index contributed by atoms with van der Waals surface area (Å²) in [4.78, 5) is 20.7. The van der Waals surface area contributed by atoms with Gasteiger partial charge in [-0.05, 0) is 37.3 Å². The molecule has 0 amide bonds. The van der Waals surface area contributed by atoms with Gasteiger partial charge in [-0.25, -0.2) is 24.5 Å². The summed E-state index contributed by atoms with van der Waals surface area (Å²) in [5.74, 6) is 1.61. The van der Waals surface area contributed by atoms with E-state index in [2.05, 4.69) is 35.3 Å². The minimum Gasteiger partial charge on any atom is -0.384 e. The molecule has 0 fully saturated rings. The molecule has 0 bridgehead atoms. The second-order valence-corrected chi connectivity index (χ2v) is 6.09. The summed E-state index contributed by atoms with van der Waals surface area (Å²) in [6, 6.07) is 11.3. The zero-order valence-corrected chi connectivity index (χ0v) is 14.4. The van der Waals surface area contributed by atoms with Gasteiger partial charge < -0.3 is 16.0 Å². The Balaban J connectivity index is 1.69. The van der Waals surface area contributed by atoms with Gasteiger partial charge in [0, 0.05) is 18.0 Å². The van der Waals surface area contributed by atoms with Crippen molar-refractivity contribution in [2.75, 3.05) is 11.1 Å². The molecule has 0 aliphatic rings. The van der Waals surface area contributed by atoms with Crippen molar-refractivity contribution in [3.05, 3.63) is 54.7 Å².